The van der Waals surface area contributed by atoms with Gasteiger partial charge in [-0.1, -0.05) is 20.3 Å². The molecular formula is C18H27N3O3. The normalized spacial score (nSPS) is 24.6. The van der Waals surface area contributed by atoms with Gasteiger partial charge in [-0.2, -0.15) is 0 Å². The van der Waals surface area contributed by atoms with Crippen LogP contribution in [0.5, 0.6) is 0 Å². The second-order valence-corrected chi connectivity index (χ2v) is 7.13. The van der Waals surface area contributed by atoms with E-state index in [0.29, 0.717) is 24.8 Å². The fraction of sp³-hybridized carbons (Fsp3) is 0.667. The molecule has 0 radical (unpaired) electrons. The first-order chi connectivity index (χ1) is 11.5. The molecule has 132 valence electrons. The molecular weight excluding hydrogens is 306 g/mol. The summed E-state index contributed by atoms with van der Waals surface area (Å²) in [6.45, 7) is 8.30. The molecule has 0 aromatic carbocycles. The Kier molecular flexibility index (Phi) is 4.67. The second kappa shape index (κ2) is 6.59. The number of nitrogens with zero attached hydrogens (tertiary/aromatic N) is 2. The zero-order valence-corrected chi connectivity index (χ0v) is 14.7. The van der Waals surface area contributed by atoms with E-state index in [1.54, 1.807) is 12.1 Å². The van der Waals surface area contributed by atoms with Crippen LogP contribution in [0.15, 0.2) is 22.8 Å². The molecule has 1 N–H and O–H groups in total. The predicted octanol–water partition coefficient (Wildman–Crippen LogP) is 2.08. The maximum absolute atomic E-state index is 12.6. The van der Waals surface area contributed by atoms with Crippen LogP contribution in [0, 0.1) is 5.92 Å². The van der Waals surface area contributed by atoms with E-state index in [1.807, 2.05) is 16.7 Å². The van der Waals surface area contributed by atoms with Crippen molar-refractivity contribution in [2.45, 2.75) is 51.7 Å². The predicted molar refractivity (Wildman–Crippen MR) is 90.3 cm³/mol. The topological polar surface area (TPSA) is 65.8 Å². The van der Waals surface area contributed by atoms with Gasteiger partial charge in [0.05, 0.1) is 18.0 Å². The Bertz CT molecular complexity index is 591. The van der Waals surface area contributed by atoms with Crippen LogP contribution in [-0.4, -0.2) is 53.0 Å². The van der Waals surface area contributed by atoms with E-state index in [9.17, 15) is 9.59 Å². The van der Waals surface area contributed by atoms with Crippen molar-refractivity contribution in [3.63, 3.8) is 0 Å². The first-order valence-corrected chi connectivity index (χ1v) is 8.89. The molecule has 0 aliphatic carbocycles. The smallest absolute Gasteiger partial charge is 0.289 e. The third kappa shape index (κ3) is 2.95. The van der Waals surface area contributed by atoms with Crippen molar-refractivity contribution in [1.82, 2.24) is 15.1 Å². The van der Waals surface area contributed by atoms with Gasteiger partial charge in [0.25, 0.3) is 5.91 Å². The number of carbonyl (C=O) groups excluding carboxylic acids is 2. The summed E-state index contributed by atoms with van der Waals surface area (Å²) in [6.07, 6.45) is 4.08. The minimum absolute atomic E-state index is 0.0688. The molecule has 2 atom stereocenters. The SMILES string of the molecule is CCC(C)CN1C(=O)C(C)NC12CCN(C(=O)c1ccco1)CC2. The average Bonchev–Trinajstić information content (AvgIpc) is 3.19. The van der Waals surface area contributed by atoms with Crippen molar-refractivity contribution in [2.75, 3.05) is 19.6 Å². The van der Waals surface area contributed by atoms with Gasteiger partial charge in [0.2, 0.25) is 5.91 Å². The van der Waals surface area contributed by atoms with E-state index >= 15 is 0 Å². The lowest BCUT2D eigenvalue weighted by Crippen LogP contribution is -2.60. The molecule has 0 saturated carbocycles. The molecule has 2 unspecified atom stereocenters. The number of amides is 2. The molecule has 6 nitrogen and oxygen atoms in total. The van der Waals surface area contributed by atoms with Crippen LogP contribution in [0.25, 0.3) is 0 Å². The van der Waals surface area contributed by atoms with E-state index in [1.165, 1.54) is 6.26 Å². The molecule has 2 saturated heterocycles. The lowest BCUT2D eigenvalue weighted by atomic mass is 9.94. The van der Waals surface area contributed by atoms with E-state index < -0.39 is 0 Å². The number of nitrogens with one attached hydrogen (secondary N) is 1. The summed E-state index contributed by atoms with van der Waals surface area (Å²) in [7, 11) is 0. The molecule has 1 spiro atoms. The summed E-state index contributed by atoms with van der Waals surface area (Å²) < 4.78 is 5.22. The van der Waals surface area contributed by atoms with Gasteiger partial charge in [0, 0.05) is 32.5 Å². The van der Waals surface area contributed by atoms with Crippen molar-refractivity contribution in [3.8, 4) is 0 Å². The maximum Gasteiger partial charge on any atom is 0.289 e. The lowest BCUT2D eigenvalue weighted by molar-refractivity contribution is -0.133. The quantitative estimate of drug-likeness (QED) is 0.916. The molecule has 6 heteroatoms. The van der Waals surface area contributed by atoms with Crippen LogP contribution >= 0.6 is 0 Å². The molecule has 3 heterocycles. The van der Waals surface area contributed by atoms with Crippen LogP contribution in [0.2, 0.25) is 0 Å². The lowest BCUT2D eigenvalue weighted by Gasteiger charge is -2.45. The largest absolute Gasteiger partial charge is 0.459 e. The number of hydrogen-bond donors (Lipinski definition) is 1. The third-order valence-electron chi connectivity index (χ3n) is 5.44. The zero-order valence-electron chi connectivity index (χ0n) is 14.7. The molecule has 2 aliphatic heterocycles. The highest BCUT2D eigenvalue weighted by atomic mass is 16.3. The summed E-state index contributed by atoms with van der Waals surface area (Å²) in [4.78, 5) is 28.9. The molecule has 2 amide bonds. The van der Waals surface area contributed by atoms with Crippen molar-refractivity contribution in [1.29, 1.82) is 0 Å². The molecule has 3 rings (SSSR count). The molecule has 24 heavy (non-hydrogen) atoms. The van der Waals surface area contributed by atoms with Gasteiger partial charge >= 0.3 is 0 Å². The van der Waals surface area contributed by atoms with Gasteiger partial charge in [-0.3, -0.25) is 14.9 Å². The summed E-state index contributed by atoms with van der Waals surface area (Å²) >= 11 is 0. The molecule has 2 fully saturated rings. The van der Waals surface area contributed by atoms with E-state index in [0.717, 1.165) is 25.8 Å². The standard InChI is InChI=1S/C18H27N3O3/c1-4-13(2)12-21-16(22)14(3)19-18(21)7-9-20(10-8-18)17(23)15-6-5-11-24-15/h5-6,11,13-14,19H,4,7-10,12H2,1-3H3. The number of rotatable bonds is 4. The first kappa shape index (κ1) is 17.0. The number of furan rings is 1. The second-order valence-electron chi connectivity index (χ2n) is 7.13. The van der Waals surface area contributed by atoms with E-state index in [4.69, 9.17) is 4.42 Å². The van der Waals surface area contributed by atoms with Crippen LogP contribution in [-0.2, 0) is 4.79 Å². The van der Waals surface area contributed by atoms with Crippen molar-refractivity contribution in [2.24, 2.45) is 5.92 Å². The highest BCUT2D eigenvalue weighted by Crippen LogP contribution is 2.33. The summed E-state index contributed by atoms with van der Waals surface area (Å²) in [5.74, 6) is 0.966. The third-order valence-corrected chi connectivity index (χ3v) is 5.44. The fourth-order valence-electron chi connectivity index (χ4n) is 3.74. The van der Waals surface area contributed by atoms with Gasteiger partial charge in [-0.05, 0) is 25.0 Å². The van der Waals surface area contributed by atoms with Gasteiger partial charge < -0.3 is 14.2 Å². The van der Waals surface area contributed by atoms with Gasteiger partial charge in [-0.25, -0.2) is 0 Å². The molecule has 1 aromatic heterocycles. The number of likely N-dealkylation sites (tertiary alicyclic amines) is 1. The van der Waals surface area contributed by atoms with Crippen LogP contribution < -0.4 is 5.32 Å². The summed E-state index contributed by atoms with van der Waals surface area (Å²) in [5.41, 5.74) is -0.306. The van der Waals surface area contributed by atoms with Crippen LogP contribution in [0.1, 0.15) is 50.6 Å². The monoisotopic (exact) mass is 333 g/mol. The minimum Gasteiger partial charge on any atom is -0.459 e. The van der Waals surface area contributed by atoms with Crippen LogP contribution in [0.4, 0.5) is 0 Å². The van der Waals surface area contributed by atoms with Gasteiger partial charge in [0.15, 0.2) is 5.76 Å². The fourth-order valence-corrected chi connectivity index (χ4v) is 3.74. The first-order valence-electron chi connectivity index (χ1n) is 8.89. The molecule has 0 bridgehead atoms. The number of carbonyl (C=O) groups is 2. The Labute approximate surface area is 143 Å². The Hall–Kier alpha value is -1.82. The van der Waals surface area contributed by atoms with E-state index in [2.05, 4.69) is 19.2 Å². The minimum atomic E-state index is -0.306. The van der Waals surface area contributed by atoms with Gasteiger partial charge in [-0.15, -0.1) is 0 Å². The Balaban J connectivity index is 1.70. The molecule has 2 aliphatic rings. The van der Waals surface area contributed by atoms with Crippen LogP contribution in [0.3, 0.4) is 0 Å². The Morgan fingerprint density at radius 3 is 2.75 bits per heavy atom. The van der Waals surface area contributed by atoms with Crippen molar-refractivity contribution >= 4 is 11.8 Å². The van der Waals surface area contributed by atoms with E-state index in [-0.39, 0.29) is 23.5 Å². The zero-order chi connectivity index (χ0) is 17.3. The highest BCUT2D eigenvalue weighted by Gasteiger charge is 2.50. The summed E-state index contributed by atoms with van der Waals surface area (Å²) in [5, 5.41) is 3.51. The van der Waals surface area contributed by atoms with Crippen molar-refractivity contribution < 1.29 is 14.0 Å². The molecule has 1 aromatic rings. The number of piperidine rings is 1. The summed E-state index contributed by atoms with van der Waals surface area (Å²) in [6, 6.07) is 3.27. The average molecular weight is 333 g/mol. The highest BCUT2D eigenvalue weighted by molar-refractivity contribution is 5.91. The number of hydrogen-bond acceptors (Lipinski definition) is 4. The Morgan fingerprint density at radius 1 is 1.46 bits per heavy atom. The Morgan fingerprint density at radius 2 is 2.17 bits per heavy atom. The van der Waals surface area contributed by atoms with Crippen molar-refractivity contribution in [3.05, 3.63) is 24.2 Å². The maximum atomic E-state index is 12.6. The van der Waals surface area contributed by atoms with Gasteiger partial charge in [0.1, 0.15) is 0 Å².